The van der Waals surface area contributed by atoms with Crippen molar-refractivity contribution >= 4 is 35.0 Å². The van der Waals surface area contributed by atoms with Crippen LogP contribution in [0.25, 0.3) is 6.08 Å². The molecule has 0 aliphatic carbocycles. The Morgan fingerprint density at radius 3 is 2.25 bits per heavy atom. The van der Waals surface area contributed by atoms with Gasteiger partial charge in [-0.15, -0.1) is 0 Å². The van der Waals surface area contributed by atoms with Crippen LogP contribution in [0.4, 0.5) is 17.1 Å². The molecule has 0 saturated carbocycles. The number of non-ortho nitro benzene ring substituents is 1. The van der Waals surface area contributed by atoms with Gasteiger partial charge in [-0.3, -0.25) is 19.7 Å². The minimum atomic E-state index is -0.484. The molecule has 2 aromatic rings. The summed E-state index contributed by atoms with van der Waals surface area (Å²) in [6.07, 6.45) is 2.88. The van der Waals surface area contributed by atoms with Gasteiger partial charge in [0.25, 0.3) is 5.69 Å². The van der Waals surface area contributed by atoms with Crippen LogP contribution in [0.15, 0.2) is 54.6 Å². The van der Waals surface area contributed by atoms with Crippen LogP contribution >= 0.6 is 0 Å². The summed E-state index contributed by atoms with van der Waals surface area (Å²) in [5.41, 5.74) is 1.79. The Kier molecular flexibility index (Phi) is 5.40. The van der Waals surface area contributed by atoms with E-state index in [1.54, 1.807) is 42.5 Å². The lowest BCUT2D eigenvalue weighted by atomic mass is 10.2. The van der Waals surface area contributed by atoms with Gasteiger partial charge in [-0.1, -0.05) is 6.07 Å². The molecule has 0 heterocycles. The third kappa shape index (κ3) is 5.06. The average Bonchev–Trinajstić information content (AvgIpc) is 2.53. The van der Waals surface area contributed by atoms with E-state index in [9.17, 15) is 19.7 Å². The SMILES string of the molecule is CC(=O)Nc1cccc(NC(=O)/C=C/c2ccc([N+](=O)[O-])cc2)c1. The van der Waals surface area contributed by atoms with Crippen molar-refractivity contribution in [2.24, 2.45) is 0 Å². The molecule has 7 heteroatoms. The van der Waals surface area contributed by atoms with Crippen LogP contribution in [0.2, 0.25) is 0 Å². The second kappa shape index (κ2) is 7.68. The molecule has 2 aromatic carbocycles. The van der Waals surface area contributed by atoms with E-state index in [2.05, 4.69) is 10.6 Å². The highest BCUT2D eigenvalue weighted by Crippen LogP contribution is 2.16. The number of benzene rings is 2. The summed E-state index contributed by atoms with van der Waals surface area (Å²) in [4.78, 5) is 33.0. The number of nitrogens with zero attached hydrogens (tertiary/aromatic N) is 1. The van der Waals surface area contributed by atoms with Crippen LogP contribution in [-0.4, -0.2) is 16.7 Å². The number of carbonyl (C=O) groups is 2. The molecule has 7 nitrogen and oxygen atoms in total. The number of anilines is 2. The summed E-state index contributed by atoms with van der Waals surface area (Å²) in [5.74, 6) is -0.551. The third-order valence-electron chi connectivity index (χ3n) is 2.98. The Morgan fingerprint density at radius 1 is 1.04 bits per heavy atom. The lowest BCUT2D eigenvalue weighted by Crippen LogP contribution is -2.09. The standard InChI is InChI=1S/C17H15N3O4/c1-12(21)18-14-3-2-4-15(11-14)19-17(22)10-7-13-5-8-16(9-6-13)20(23)24/h2-11H,1H3,(H,18,21)(H,19,22)/b10-7+. The van der Waals surface area contributed by atoms with E-state index in [1.807, 2.05) is 0 Å². The number of carbonyl (C=O) groups excluding carboxylic acids is 2. The molecule has 122 valence electrons. The Balaban J connectivity index is 1.99. The van der Waals surface area contributed by atoms with Crippen molar-refractivity contribution in [1.82, 2.24) is 0 Å². The van der Waals surface area contributed by atoms with Crippen molar-refractivity contribution in [2.75, 3.05) is 10.6 Å². The molecule has 0 aliphatic rings. The fourth-order valence-corrected chi connectivity index (χ4v) is 1.94. The predicted octanol–water partition coefficient (Wildman–Crippen LogP) is 3.21. The first-order valence-corrected chi connectivity index (χ1v) is 7.05. The Labute approximate surface area is 138 Å². The normalized spacial score (nSPS) is 10.4. The molecule has 0 aliphatic heterocycles. The second-order valence-corrected chi connectivity index (χ2v) is 4.93. The van der Waals surface area contributed by atoms with Gasteiger partial charge in [-0.2, -0.15) is 0 Å². The molecular weight excluding hydrogens is 310 g/mol. The molecule has 0 atom stereocenters. The van der Waals surface area contributed by atoms with Crippen molar-refractivity contribution in [2.45, 2.75) is 6.92 Å². The van der Waals surface area contributed by atoms with Gasteiger partial charge in [0, 0.05) is 36.5 Å². The van der Waals surface area contributed by atoms with E-state index >= 15 is 0 Å². The predicted molar refractivity (Wildman–Crippen MR) is 91.5 cm³/mol. The highest BCUT2D eigenvalue weighted by atomic mass is 16.6. The Morgan fingerprint density at radius 2 is 1.67 bits per heavy atom. The molecule has 2 amide bonds. The summed E-state index contributed by atoms with van der Waals surface area (Å²) in [6.45, 7) is 1.40. The maximum Gasteiger partial charge on any atom is 0.269 e. The highest BCUT2D eigenvalue weighted by Gasteiger charge is 2.03. The molecule has 0 fully saturated rings. The molecule has 0 radical (unpaired) electrons. The topological polar surface area (TPSA) is 101 Å². The molecule has 0 unspecified atom stereocenters. The van der Waals surface area contributed by atoms with Crippen LogP contribution < -0.4 is 10.6 Å². The Hall–Kier alpha value is -3.48. The summed E-state index contributed by atoms with van der Waals surface area (Å²) in [6, 6.07) is 12.6. The zero-order chi connectivity index (χ0) is 17.5. The quantitative estimate of drug-likeness (QED) is 0.500. The Bertz CT molecular complexity index is 798. The van der Waals surface area contributed by atoms with Gasteiger partial charge in [0.05, 0.1) is 4.92 Å². The van der Waals surface area contributed by atoms with E-state index in [1.165, 1.54) is 25.1 Å². The first kappa shape index (κ1) is 16.9. The van der Waals surface area contributed by atoms with Gasteiger partial charge < -0.3 is 10.6 Å². The lowest BCUT2D eigenvalue weighted by molar-refractivity contribution is -0.384. The van der Waals surface area contributed by atoms with E-state index in [0.717, 1.165) is 0 Å². The second-order valence-electron chi connectivity index (χ2n) is 4.93. The smallest absolute Gasteiger partial charge is 0.269 e. The molecule has 2 N–H and O–H groups in total. The maximum atomic E-state index is 11.9. The molecule has 0 aromatic heterocycles. The number of nitro benzene ring substituents is 1. The molecule has 2 rings (SSSR count). The first-order chi connectivity index (χ1) is 11.4. The number of rotatable bonds is 5. The minimum Gasteiger partial charge on any atom is -0.326 e. The minimum absolute atomic E-state index is 0.00797. The van der Waals surface area contributed by atoms with Crippen LogP contribution in [0.3, 0.4) is 0 Å². The first-order valence-electron chi connectivity index (χ1n) is 7.05. The van der Waals surface area contributed by atoms with Crippen LogP contribution in [0.1, 0.15) is 12.5 Å². The van der Waals surface area contributed by atoms with Gasteiger partial charge in [-0.05, 0) is 42.0 Å². The van der Waals surface area contributed by atoms with E-state index in [4.69, 9.17) is 0 Å². The van der Waals surface area contributed by atoms with Crippen LogP contribution in [0.5, 0.6) is 0 Å². The summed E-state index contributed by atoms with van der Waals surface area (Å²) < 4.78 is 0. The van der Waals surface area contributed by atoms with Gasteiger partial charge in [-0.25, -0.2) is 0 Å². The summed E-state index contributed by atoms with van der Waals surface area (Å²) in [7, 11) is 0. The molecule has 24 heavy (non-hydrogen) atoms. The molecule has 0 bridgehead atoms. The van der Waals surface area contributed by atoms with Crippen molar-refractivity contribution in [3.63, 3.8) is 0 Å². The number of nitrogens with one attached hydrogen (secondary N) is 2. The molecular formula is C17H15N3O4. The third-order valence-corrected chi connectivity index (χ3v) is 2.98. The van der Waals surface area contributed by atoms with E-state index in [0.29, 0.717) is 16.9 Å². The van der Waals surface area contributed by atoms with E-state index < -0.39 is 4.92 Å². The van der Waals surface area contributed by atoms with Gasteiger partial charge >= 0.3 is 0 Å². The van der Waals surface area contributed by atoms with Gasteiger partial charge in [0.2, 0.25) is 11.8 Å². The lowest BCUT2D eigenvalue weighted by Gasteiger charge is -2.06. The number of hydrogen-bond acceptors (Lipinski definition) is 4. The zero-order valence-electron chi connectivity index (χ0n) is 12.9. The van der Waals surface area contributed by atoms with Crippen LogP contribution in [0, 0.1) is 10.1 Å². The van der Waals surface area contributed by atoms with Crippen molar-refractivity contribution in [3.8, 4) is 0 Å². The van der Waals surface area contributed by atoms with Crippen LogP contribution in [-0.2, 0) is 9.59 Å². The van der Waals surface area contributed by atoms with Gasteiger partial charge in [0.1, 0.15) is 0 Å². The monoisotopic (exact) mass is 325 g/mol. The van der Waals surface area contributed by atoms with Crippen molar-refractivity contribution in [3.05, 3.63) is 70.3 Å². The van der Waals surface area contributed by atoms with Crippen molar-refractivity contribution < 1.29 is 14.5 Å². The summed E-state index contributed by atoms with van der Waals surface area (Å²) in [5, 5.41) is 15.9. The zero-order valence-corrected chi connectivity index (χ0v) is 12.9. The average molecular weight is 325 g/mol. The summed E-state index contributed by atoms with van der Waals surface area (Å²) >= 11 is 0. The number of amides is 2. The highest BCUT2D eigenvalue weighted by molar-refractivity contribution is 6.02. The van der Waals surface area contributed by atoms with Crippen molar-refractivity contribution in [1.29, 1.82) is 0 Å². The fourth-order valence-electron chi connectivity index (χ4n) is 1.94. The maximum absolute atomic E-state index is 11.9. The number of nitro groups is 1. The fraction of sp³-hybridized carbons (Fsp3) is 0.0588. The van der Waals surface area contributed by atoms with Gasteiger partial charge in [0.15, 0.2) is 0 Å². The molecule has 0 spiro atoms. The largest absolute Gasteiger partial charge is 0.326 e. The molecule has 0 saturated heterocycles. The van der Waals surface area contributed by atoms with E-state index in [-0.39, 0.29) is 17.5 Å². The number of hydrogen-bond donors (Lipinski definition) is 2.